The third kappa shape index (κ3) is 6.01. The van der Waals surface area contributed by atoms with Crippen LogP contribution < -0.4 is 4.90 Å². The number of fused-ring (bicyclic) bond motifs is 3. The van der Waals surface area contributed by atoms with Gasteiger partial charge >= 0.3 is 20.1 Å². The zero-order valence-electron chi connectivity index (χ0n) is 24.9. The van der Waals surface area contributed by atoms with Crippen LogP contribution in [0.25, 0.3) is 39.0 Å². The van der Waals surface area contributed by atoms with Gasteiger partial charge in [-0.25, -0.2) is 5.10 Å². The summed E-state index contributed by atoms with van der Waals surface area (Å²) in [6, 6.07) is 33.1. The van der Waals surface area contributed by atoms with Gasteiger partial charge < -0.3 is 18.9 Å². The maximum atomic E-state index is 5.96. The average molecular weight is 745 g/mol. The molecule has 4 aromatic carbocycles. The number of nitrogens with zero attached hydrogens (tertiary/aromatic N) is 5. The zero-order chi connectivity index (χ0) is 29.2. The summed E-state index contributed by atoms with van der Waals surface area (Å²) < 4.78 is 8.18. The normalized spacial score (nSPS) is 12.7. The predicted octanol–water partition coefficient (Wildman–Crippen LogP) is 8.78. The molecule has 0 bridgehead atoms. The summed E-state index contributed by atoms with van der Waals surface area (Å²) in [4.78, 5) is 6.50. The molecule has 0 atom stereocenters. The Morgan fingerprint density at radius 1 is 0.814 bits per heavy atom. The number of hydrazone groups is 1. The Bertz CT molecular complexity index is 1830. The number of hydrogen-bond donors (Lipinski definition) is 0. The molecule has 0 saturated carbocycles. The van der Waals surface area contributed by atoms with Gasteiger partial charge in [-0.3, -0.25) is 4.98 Å². The first-order valence-electron chi connectivity index (χ1n) is 14.3. The topological polar surface area (TPSA) is 49.8 Å². The number of aromatic nitrogens is 2. The van der Waals surface area contributed by atoms with E-state index in [1.54, 1.807) is 11.3 Å². The van der Waals surface area contributed by atoms with Gasteiger partial charge in [-0.1, -0.05) is 75.2 Å². The van der Waals surface area contributed by atoms with Crippen LogP contribution >= 0.6 is 0 Å². The van der Waals surface area contributed by atoms with Gasteiger partial charge in [0.25, 0.3) is 0 Å². The first kappa shape index (κ1) is 30.3. The van der Waals surface area contributed by atoms with Gasteiger partial charge in [0.15, 0.2) is 0 Å². The second kappa shape index (κ2) is 13.0. The predicted molar refractivity (Wildman–Crippen MR) is 172 cm³/mol. The summed E-state index contributed by atoms with van der Waals surface area (Å²) in [6.45, 7) is 10.9. The number of rotatable bonds is 5. The molecule has 0 unspecified atom stereocenters. The third-order valence-corrected chi connectivity index (χ3v) is 7.40. The van der Waals surface area contributed by atoms with Crippen LogP contribution in [0, 0.1) is 18.8 Å². The summed E-state index contributed by atoms with van der Waals surface area (Å²) in [5, 5.41) is 8.14. The van der Waals surface area contributed by atoms with Gasteiger partial charge in [-0.15, -0.1) is 42.6 Å². The van der Waals surface area contributed by atoms with E-state index < -0.39 is 0 Å². The monoisotopic (exact) mass is 745 g/mol. The van der Waals surface area contributed by atoms with Gasteiger partial charge in [-0.05, 0) is 36.1 Å². The Balaban J connectivity index is 0.000000170. The Morgan fingerprint density at radius 3 is 2.23 bits per heavy atom. The number of anilines is 1. The van der Waals surface area contributed by atoms with E-state index in [1.165, 1.54) is 16.8 Å². The van der Waals surface area contributed by atoms with E-state index in [4.69, 9.17) is 4.42 Å². The Morgan fingerprint density at radius 2 is 1.56 bits per heavy atom. The maximum absolute atomic E-state index is 5.96. The van der Waals surface area contributed by atoms with Crippen LogP contribution in [0.1, 0.15) is 50.7 Å². The van der Waals surface area contributed by atoms with Crippen LogP contribution in [0.15, 0.2) is 101 Å². The number of imidazole rings is 1. The van der Waals surface area contributed by atoms with Crippen molar-refractivity contribution in [3.05, 3.63) is 121 Å². The van der Waals surface area contributed by atoms with Gasteiger partial charge in [0, 0.05) is 29.1 Å². The van der Waals surface area contributed by atoms with Crippen molar-refractivity contribution in [2.45, 2.75) is 39.5 Å². The van der Waals surface area contributed by atoms with E-state index in [1.807, 2.05) is 73.3 Å². The van der Waals surface area contributed by atoms with E-state index in [2.05, 4.69) is 91.0 Å². The van der Waals surface area contributed by atoms with Gasteiger partial charge in [0.05, 0.1) is 12.2 Å². The summed E-state index contributed by atoms with van der Waals surface area (Å²) in [7, 11) is 1.88. The standard InChI is InChI=1S/C21H23N2.C15H11N3O.Ir/c1-15(2)18-11-8-12-19(16(3)4)20(18)23-14-13-22-21(23)17-9-6-5-7-10-17;1-17-10-18(9-16-17)13-7-4-6-12-11-5-2-3-8-14(11)19-15(12)13;/h5-9,11-16H,1-4H3;2-6,8-10H,1H3;/q-1;-2;+3. The van der Waals surface area contributed by atoms with E-state index >= 15 is 0 Å². The van der Waals surface area contributed by atoms with Gasteiger partial charge in [-0.2, -0.15) is 18.2 Å². The Kier molecular flexibility index (Phi) is 9.14. The first-order valence-corrected chi connectivity index (χ1v) is 14.3. The molecule has 0 radical (unpaired) electrons. The fourth-order valence-electron chi connectivity index (χ4n) is 5.37. The van der Waals surface area contributed by atoms with Crippen molar-refractivity contribution in [1.82, 2.24) is 14.6 Å². The Labute approximate surface area is 267 Å². The SMILES string of the molecule is CC(C)c1cccc(C(C)C)c1-n1ccnc1-c1[c-]cccc1.CN1[CH-]N(c2[c-]ccc3c2oc2ccccc23)C=N1.[Ir+3]. The van der Waals surface area contributed by atoms with Crippen molar-refractivity contribution in [2.75, 3.05) is 11.9 Å². The fraction of sp³-hybridized carbons (Fsp3) is 0.194. The van der Waals surface area contributed by atoms with E-state index in [-0.39, 0.29) is 20.1 Å². The molecule has 0 fully saturated rings. The average Bonchev–Trinajstić information content (AvgIpc) is 3.76. The van der Waals surface area contributed by atoms with Crippen molar-refractivity contribution >= 4 is 34.0 Å². The molecular weight excluding hydrogens is 711 g/mol. The number of furan rings is 1. The molecule has 6 aromatic rings. The van der Waals surface area contributed by atoms with Crippen LogP contribution in [0.4, 0.5) is 5.69 Å². The number of benzene rings is 4. The number of para-hydroxylation sites is 2. The van der Waals surface area contributed by atoms with Crippen LogP contribution in [0.2, 0.25) is 0 Å². The molecule has 43 heavy (non-hydrogen) atoms. The molecule has 0 saturated heterocycles. The first-order chi connectivity index (χ1) is 20.4. The fourth-order valence-corrected chi connectivity index (χ4v) is 5.37. The van der Waals surface area contributed by atoms with Gasteiger partial charge in [0.2, 0.25) is 0 Å². The van der Waals surface area contributed by atoms with Gasteiger partial charge in [0.1, 0.15) is 5.58 Å². The van der Waals surface area contributed by atoms with E-state index in [9.17, 15) is 0 Å². The van der Waals surface area contributed by atoms with Crippen molar-refractivity contribution in [3.63, 3.8) is 0 Å². The molecule has 7 heteroatoms. The second-order valence-electron chi connectivity index (χ2n) is 11.0. The minimum atomic E-state index is 0. The molecule has 1 aliphatic heterocycles. The van der Waals surface area contributed by atoms with Crippen LogP contribution in [0.3, 0.4) is 0 Å². The molecule has 3 heterocycles. The van der Waals surface area contributed by atoms with Crippen LogP contribution in [0.5, 0.6) is 0 Å². The molecule has 7 rings (SSSR count). The molecule has 1 aliphatic rings. The van der Waals surface area contributed by atoms with E-state index in [0.29, 0.717) is 11.8 Å². The van der Waals surface area contributed by atoms with Crippen molar-refractivity contribution in [1.29, 1.82) is 0 Å². The zero-order valence-corrected chi connectivity index (χ0v) is 27.3. The summed E-state index contributed by atoms with van der Waals surface area (Å²) in [5.41, 5.74) is 7.59. The number of hydrogen-bond acceptors (Lipinski definition) is 5. The molecule has 0 amide bonds. The maximum Gasteiger partial charge on any atom is 3.00 e. The van der Waals surface area contributed by atoms with Crippen LogP contribution in [-0.2, 0) is 20.1 Å². The molecule has 2 aromatic heterocycles. The molecule has 0 aliphatic carbocycles. The minimum absolute atomic E-state index is 0. The molecule has 218 valence electrons. The molecule has 0 spiro atoms. The van der Waals surface area contributed by atoms with Crippen molar-refractivity contribution < 1.29 is 24.5 Å². The Hall–Kier alpha value is -4.19. The molecular formula is C36H34IrN5O. The summed E-state index contributed by atoms with van der Waals surface area (Å²) >= 11 is 0. The smallest absolute Gasteiger partial charge is 0.514 e. The summed E-state index contributed by atoms with van der Waals surface area (Å²) in [5.74, 6) is 1.86. The van der Waals surface area contributed by atoms with Crippen molar-refractivity contribution in [3.8, 4) is 17.1 Å². The minimum Gasteiger partial charge on any atom is -0.514 e. The summed E-state index contributed by atoms with van der Waals surface area (Å²) in [6.07, 6.45) is 5.68. The van der Waals surface area contributed by atoms with Crippen molar-refractivity contribution in [2.24, 2.45) is 5.10 Å². The molecule has 0 N–H and O–H groups in total. The van der Waals surface area contributed by atoms with Crippen LogP contribution in [-0.4, -0.2) is 27.9 Å². The molecule has 6 nitrogen and oxygen atoms in total. The quantitative estimate of drug-likeness (QED) is 0.166. The van der Waals surface area contributed by atoms with E-state index in [0.717, 1.165) is 39.0 Å². The third-order valence-electron chi connectivity index (χ3n) is 7.40. The largest absolute Gasteiger partial charge is 3.00 e. The second-order valence-corrected chi connectivity index (χ2v) is 11.0.